The van der Waals surface area contributed by atoms with Crippen molar-refractivity contribution >= 4 is 27.7 Å². The number of halogens is 1. The molecule has 1 saturated heterocycles. The maximum Gasteiger partial charge on any atom is 0.255 e. The van der Waals surface area contributed by atoms with Crippen molar-refractivity contribution in [3.63, 3.8) is 0 Å². The van der Waals surface area contributed by atoms with E-state index in [-0.39, 0.29) is 18.4 Å². The summed E-state index contributed by atoms with van der Waals surface area (Å²) in [6, 6.07) is 5.22. The molecule has 2 rings (SSSR count). The van der Waals surface area contributed by atoms with Gasteiger partial charge in [0.25, 0.3) is 5.91 Å². The number of rotatable bonds is 2. The Kier molecular flexibility index (Phi) is 4.09. The molecule has 0 aromatic heterocycles. The molecule has 1 aromatic carbocycles. The Morgan fingerprint density at radius 3 is 2.74 bits per heavy atom. The molecule has 1 heterocycles. The van der Waals surface area contributed by atoms with E-state index in [1.54, 1.807) is 42.2 Å². The van der Waals surface area contributed by atoms with Crippen LogP contribution >= 0.6 is 15.9 Å². The van der Waals surface area contributed by atoms with E-state index >= 15 is 0 Å². The smallest absolute Gasteiger partial charge is 0.255 e. The monoisotopic (exact) mass is 326 g/mol. The number of hydrogen-bond donors (Lipinski definition) is 0. The molecule has 0 bridgehead atoms. The molecule has 2 amide bonds. The summed E-state index contributed by atoms with van der Waals surface area (Å²) in [6.45, 7) is 1.23. The topological polar surface area (TPSA) is 49.9 Å². The fraction of sp³-hybridized carbons (Fsp3) is 0.385. The number of piperazine rings is 1. The highest BCUT2D eigenvalue weighted by molar-refractivity contribution is 9.10. The van der Waals surface area contributed by atoms with E-state index in [0.717, 1.165) is 0 Å². The standard InChI is InChI=1S/C13H15BrN2O3/c1-15-5-6-16(8-12(15)17)13(18)10-7-9(19-2)3-4-11(10)14/h3-4,7H,5-6,8H2,1-2H3. The molecule has 1 fully saturated rings. The first-order valence-corrected chi connectivity index (χ1v) is 6.69. The Morgan fingerprint density at radius 2 is 2.11 bits per heavy atom. The number of carbonyl (C=O) groups is 2. The van der Waals surface area contributed by atoms with Crippen LogP contribution in [0.1, 0.15) is 10.4 Å². The van der Waals surface area contributed by atoms with Crippen molar-refractivity contribution in [2.24, 2.45) is 0 Å². The molecule has 19 heavy (non-hydrogen) atoms. The highest BCUT2D eigenvalue weighted by Crippen LogP contribution is 2.24. The number of ether oxygens (including phenoxy) is 1. The number of amides is 2. The van der Waals surface area contributed by atoms with Gasteiger partial charge in [-0.2, -0.15) is 0 Å². The van der Waals surface area contributed by atoms with E-state index in [1.807, 2.05) is 0 Å². The summed E-state index contributed by atoms with van der Waals surface area (Å²) in [7, 11) is 3.29. The van der Waals surface area contributed by atoms with Crippen LogP contribution in [0, 0.1) is 0 Å². The molecule has 1 aliphatic heterocycles. The fourth-order valence-electron chi connectivity index (χ4n) is 1.90. The minimum absolute atomic E-state index is 0.0429. The van der Waals surface area contributed by atoms with Gasteiger partial charge >= 0.3 is 0 Å². The van der Waals surface area contributed by atoms with Gasteiger partial charge in [-0.05, 0) is 34.1 Å². The zero-order valence-electron chi connectivity index (χ0n) is 10.9. The predicted molar refractivity (Wildman–Crippen MR) is 74.2 cm³/mol. The highest BCUT2D eigenvalue weighted by atomic mass is 79.9. The summed E-state index contributed by atoms with van der Waals surface area (Å²) >= 11 is 3.36. The maximum absolute atomic E-state index is 12.4. The third-order valence-electron chi connectivity index (χ3n) is 3.15. The summed E-state index contributed by atoms with van der Waals surface area (Å²) in [6.07, 6.45) is 0. The molecule has 5 nitrogen and oxygen atoms in total. The molecule has 1 aliphatic rings. The zero-order valence-corrected chi connectivity index (χ0v) is 12.4. The number of nitrogens with zero attached hydrogens (tertiary/aromatic N) is 2. The number of likely N-dealkylation sites (N-methyl/N-ethyl adjacent to an activating group) is 1. The maximum atomic E-state index is 12.4. The summed E-state index contributed by atoms with van der Waals surface area (Å²) in [5.41, 5.74) is 0.511. The molecule has 6 heteroatoms. The molecular formula is C13H15BrN2O3. The number of methoxy groups -OCH3 is 1. The molecule has 0 atom stereocenters. The Bertz CT molecular complexity index is 519. The third-order valence-corrected chi connectivity index (χ3v) is 3.84. The van der Waals surface area contributed by atoms with Crippen LogP contribution < -0.4 is 4.74 Å². The third kappa shape index (κ3) is 2.89. The number of carbonyl (C=O) groups excluding carboxylic acids is 2. The van der Waals surface area contributed by atoms with E-state index < -0.39 is 0 Å². The molecule has 0 saturated carbocycles. The lowest BCUT2D eigenvalue weighted by molar-refractivity contribution is -0.133. The Morgan fingerprint density at radius 1 is 1.37 bits per heavy atom. The lowest BCUT2D eigenvalue weighted by Crippen LogP contribution is -2.50. The first kappa shape index (κ1) is 13.9. The number of benzene rings is 1. The van der Waals surface area contributed by atoms with E-state index in [2.05, 4.69) is 15.9 Å². The van der Waals surface area contributed by atoms with Crippen LogP contribution in [0.15, 0.2) is 22.7 Å². The average molecular weight is 327 g/mol. The fourth-order valence-corrected chi connectivity index (χ4v) is 2.31. The molecule has 0 aliphatic carbocycles. The molecule has 0 N–H and O–H groups in total. The first-order chi connectivity index (χ1) is 9.02. The summed E-state index contributed by atoms with van der Waals surface area (Å²) < 4.78 is 5.82. The van der Waals surface area contributed by atoms with Crippen molar-refractivity contribution in [1.29, 1.82) is 0 Å². The van der Waals surface area contributed by atoms with Crippen molar-refractivity contribution in [3.05, 3.63) is 28.2 Å². The first-order valence-electron chi connectivity index (χ1n) is 5.89. The molecule has 0 spiro atoms. The second-order valence-electron chi connectivity index (χ2n) is 4.39. The van der Waals surface area contributed by atoms with Crippen LogP contribution in [0.4, 0.5) is 0 Å². The van der Waals surface area contributed by atoms with Crippen molar-refractivity contribution in [3.8, 4) is 5.75 Å². The van der Waals surface area contributed by atoms with Gasteiger partial charge in [0.1, 0.15) is 12.3 Å². The summed E-state index contributed by atoms with van der Waals surface area (Å²) in [5.74, 6) is 0.415. The second kappa shape index (κ2) is 5.61. The van der Waals surface area contributed by atoms with E-state index in [1.165, 1.54) is 0 Å². The summed E-state index contributed by atoms with van der Waals surface area (Å²) in [5, 5.41) is 0. The van der Waals surface area contributed by atoms with Gasteiger partial charge in [0.05, 0.1) is 12.7 Å². The summed E-state index contributed by atoms with van der Waals surface area (Å²) in [4.78, 5) is 27.2. The van der Waals surface area contributed by atoms with Gasteiger partial charge in [0.15, 0.2) is 0 Å². The minimum atomic E-state index is -0.160. The molecule has 1 aromatic rings. The molecular weight excluding hydrogens is 312 g/mol. The van der Waals surface area contributed by atoms with Gasteiger partial charge in [-0.25, -0.2) is 0 Å². The predicted octanol–water partition coefficient (Wildman–Crippen LogP) is 1.37. The molecule has 102 valence electrons. The van der Waals surface area contributed by atoms with E-state index in [9.17, 15) is 9.59 Å². The lowest BCUT2D eigenvalue weighted by atomic mass is 10.1. The van der Waals surface area contributed by atoms with Crippen LogP contribution in [-0.4, -0.2) is 55.4 Å². The van der Waals surface area contributed by atoms with Gasteiger partial charge in [0, 0.05) is 24.6 Å². The van der Waals surface area contributed by atoms with Crippen LogP contribution in [0.3, 0.4) is 0 Å². The average Bonchev–Trinajstić information content (AvgIpc) is 2.41. The van der Waals surface area contributed by atoms with Crippen LogP contribution in [0.2, 0.25) is 0 Å². The van der Waals surface area contributed by atoms with Gasteiger partial charge in [-0.1, -0.05) is 0 Å². The Balaban J connectivity index is 2.22. The van der Waals surface area contributed by atoms with Crippen molar-refractivity contribution in [2.75, 3.05) is 33.8 Å². The lowest BCUT2D eigenvalue weighted by Gasteiger charge is -2.32. The van der Waals surface area contributed by atoms with Crippen LogP contribution in [-0.2, 0) is 4.79 Å². The van der Waals surface area contributed by atoms with E-state index in [0.29, 0.717) is 28.9 Å². The Hall–Kier alpha value is -1.56. The van der Waals surface area contributed by atoms with Crippen molar-refractivity contribution in [2.45, 2.75) is 0 Å². The zero-order chi connectivity index (χ0) is 14.0. The largest absolute Gasteiger partial charge is 0.497 e. The molecule has 0 unspecified atom stereocenters. The quantitative estimate of drug-likeness (QED) is 0.824. The van der Waals surface area contributed by atoms with Crippen molar-refractivity contribution < 1.29 is 14.3 Å². The van der Waals surface area contributed by atoms with Crippen LogP contribution in [0.5, 0.6) is 5.75 Å². The number of hydrogen-bond acceptors (Lipinski definition) is 3. The van der Waals surface area contributed by atoms with Gasteiger partial charge in [-0.3, -0.25) is 9.59 Å². The van der Waals surface area contributed by atoms with Gasteiger partial charge in [0.2, 0.25) is 5.91 Å². The second-order valence-corrected chi connectivity index (χ2v) is 5.24. The van der Waals surface area contributed by atoms with Crippen LogP contribution in [0.25, 0.3) is 0 Å². The van der Waals surface area contributed by atoms with Gasteiger partial charge < -0.3 is 14.5 Å². The van der Waals surface area contributed by atoms with E-state index in [4.69, 9.17) is 4.74 Å². The highest BCUT2D eigenvalue weighted by Gasteiger charge is 2.26. The SMILES string of the molecule is COc1ccc(Br)c(C(=O)N2CCN(C)C(=O)C2)c1. The Labute approximate surface area is 120 Å². The minimum Gasteiger partial charge on any atom is -0.497 e. The molecule has 0 radical (unpaired) electrons. The van der Waals surface area contributed by atoms with Gasteiger partial charge in [-0.15, -0.1) is 0 Å². The normalized spacial score (nSPS) is 15.6. The van der Waals surface area contributed by atoms with Crippen molar-refractivity contribution in [1.82, 2.24) is 9.80 Å².